The van der Waals surface area contributed by atoms with Crippen LogP contribution in [0, 0.1) is 0 Å². The number of hydrogen-bond donors (Lipinski definition) is 2. The summed E-state index contributed by atoms with van der Waals surface area (Å²) in [5, 5.41) is 11.5. The van der Waals surface area contributed by atoms with E-state index in [1.165, 1.54) is 0 Å². The second-order valence-corrected chi connectivity index (χ2v) is 4.00. The van der Waals surface area contributed by atoms with Crippen LogP contribution in [-0.2, 0) is 4.84 Å². The summed E-state index contributed by atoms with van der Waals surface area (Å²) in [4.78, 5) is 9.30. The molecule has 0 spiro atoms. The zero-order valence-electron chi connectivity index (χ0n) is 10.1. The van der Waals surface area contributed by atoms with Crippen molar-refractivity contribution in [3.05, 3.63) is 18.2 Å². The lowest BCUT2D eigenvalue weighted by Crippen LogP contribution is -2.35. The SMILES string of the molecule is CONc1ccc2nnn(C3=NCCCN3)c2c1. The van der Waals surface area contributed by atoms with E-state index in [0.29, 0.717) is 0 Å². The first-order valence-corrected chi connectivity index (χ1v) is 5.81. The van der Waals surface area contributed by atoms with E-state index >= 15 is 0 Å². The fourth-order valence-corrected chi connectivity index (χ4v) is 1.92. The van der Waals surface area contributed by atoms with Crippen molar-refractivity contribution in [2.75, 3.05) is 25.7 Å². The summed E-state index contributed by atoms with van der Waals surface area (Å²) in [6.45, 7) is 1.73. The van der Waals surface area contributed by atoms with Gasteiger partial charge in [-0.1, -0.05) is 5.21 Å². The molecule has 18 heavy (non-hydrogen) atoms. The summed E-state index contributed by atoms with van der Waals surface area (Å²) < 4.78 is 1.72. The summed E-state index contributed by atoms with van der Waals surface area (Å²) in [5.74, 6) is 0.748. The number of aromatic nitrogens is 3. The van der Waals surface area contributed by atoms with Gasteiger partial charge >= 0.3 is 0 Å². The molecule has 0 amide bonds. The average molecular weight is 246 g/mol. The van der Waals surface area contributed by atoms with Gasteiger partial charge in [-0.15, -0.1) is 5.10 Å². The second-order valence-electron chi connectivity index (χ2n) is 4.00. The van der Waals surface area contributed by atoms with E-state index in [1.807, 2.05) is 18.2 Å². The van der Waals surface area contributed by atoms with E-state index in [-0.39, 0.29) is 0 Å². The van der Waals surface area contributed by atoms with E-state index in [0.717, 1.165) is 42.2 Å². The topological polar surface area (TPSA) is 76.4 Å². The lowest BCUT2D eigenvalue weighted by atomic mass is 10.3. The van der Waals surface area contributed by atoms with Crippen LogP contribution in [0.3, 0.4) is 0 Å². The van der Waals surface area contributed by atoms with Gasteiger partial charge in [0.05, 0.1) is 18.3 Å². The van der Waals surface area contributed by atoms with Crippen molar-refractivity contribution in [2.24, 2.45) is 4.99 Å². The van der Waals surface area contributed by atoms with Crippen LogP contribution >= 0.6 is 0 Å². The molecule has 0 fully saturated rings. The van der Waals surface area contributed by atoms with E-state index < -0.39 is 0 Å². The number of benzene rings is 1. The highest BCUT2D eigenvalue weighted by Crippen LogP contribution is 2.17. The molecule has 0 saturated carbocycles. The Kier molecular flexibility index (Phi) is 2.81. The Balaban J connectivity index is 2.06. The minimum atomic E-state index is 0.748. The fraction of sp³-hybridized carbons (Fsp3) is 0.364. The number of anilines is 1. The molecule has 0 aliphatic carbocycles. The third kappa shape index (κ3) is 1.88. The fourth-order valence-electron chi connectivity index (χ4n) is 1.92. The van der Waals surface area contributed by atoms with Gasteiger partial charge < -0.3 is 5.32 Å². The summed E-state index contributed by atoms with van der Waals surface area (Å²) in [7, 11) is 1.58. The van der Waals surface area contributed by atoms with Crippen LogP contribution in [0.15, 0.2) is 23.2 Å². The van der Waals surface area contributed by atoms with Gasteiger partial charge in [0.1, 0.15) is 5.52 Å². The van der Waals surface area contributed by atoms with E-state index in [2.05, 4.69) is 26.1 Å². The average Bonchev–Trinajstić information content (AvgIpc) is 2.83. The number of aliphatic imine (C=N–C) groups is 1. The molecular formula is C11H14N6O. The molecule has 7 heteroatoms. The molecule has 1 aliphatic heterocycles. The minimum absolute atomic E-state index is 0.748. The van der Waals surface area contributed by atoms with Gasteiger partial charge in [-0.3, -0.25) is 15.3 Å². The molecule has 2 heterocycles. The highest BCUT2D eigenvalue weighted by Gasteiger charge is 2.12. The maximum Gasteiger partial charge on any atom is 0.221 e. The zero-order chi connectivity index (χ0) is 12.4. The third-order valence-corrected chi connectivity index (χ3v) is 2.75. The molecule has 94 valence electrons. The number of nitrogens with one attached hydrogen (secondary N) is 2. The first-order valence-electron chi connectivity index (χ1n) is 5.81. The van der Waals surface area contributed by atoms with Gasteiger partial charge in [-0.05, 0) is 24.6 Å². The van der Waals surface area contributed by atoms with Crippen LogP contribution in [0.4, 0.5) is 5.69 Å². The van der Waals surface area contributed by atoms with Crippen LogP contribution in [0.2, 0.25) is 0 Å². The Morgan fingerprint density at radius 1 is 1.44 bits per heavy atom. The van der Waals surface area contributed by atoms with Crippen molar-refractivity contribution in [1.29, 1.82) is 0 Å². The molecule has 3 rings (SSSR count). The largest absolute Gasteiger partial charge is 0.354 e. The third-order valence-electron chi connectivity index (χ3n) is 2.75. The molecule has 2 N–H and O–H groups in total. The van der Waals surface area contributed by atoms with Crippen molar-refractivity contribution in [3.63, 3.8) is 0 Å². The van der Waals surface area contributed by atoms with Crippen LogP contribution in [0.1, 0.15) is 6.42 Å². The normalized spacial score (nSPS) is 15.3. The Morgan fingerprint density at radius 3 is 3.17 bits per heavy atom. The Hall–Kier alpha value is -2.15. The number of hydrogen-bond acceptors (Lipinski definition) is 6. The highest BCUT2D eigenvalue weighted by atomic mass is 16.6. The number of rotatable bonds is 2. The van der Waals surface area contributed by atoms with Crippen LogP contribution in [-0.4, -0.2) is 41.2 Å². The Labute approximate surface area is 104 Å². The van der Waals surface area contributed by atoms with Crippen molar-refractivity contribution in [2.45, 2.75) is 6.42 Å². The van der Waals surface area contributed by atoms with Crippen LogP contribution < -0.4 is 10.8 Å². The van der Waals surface area contributed by atoms with Gasteiger partial charge in [0.2, 0.25) is 5.96 Å². The highest BCUT2D eigenvalue weighted by molar-refractivity contribution is 5.92. The minimum Gasteiger partial charge on any atom is -0.354 e. The van der Waals surface area contributed by atoms with E-state index in [1.54, 1.807) is 11.8 Å². The van der Waals surface area contributed by atoms with Gasteiger partial charge in [0.15, 0.2) is 0 Å². The van der Waals surface area contributed by atoms with Gasteiger partial charge in [0, 0.05) is 13.1 Å². The predicted molar refractivity (Wildman–Crippen MR) is 68.5 cm³/mol. The first kappa shape index (κ1) is 11.0. The monoisotopic (exact) mass is 246 g/mol. The molecule has 0 unspecified atom stereocenters. The summed E-state index contributed by atoms with van der Waals surface area (Å²) in [6.07, 6.45) is 1.05. The molecule has 1 aromatic heterocycles. The predicted octanol–water partition coefficient (Wildman–Crippen LogP) is 0.602. The molecule has 2 aromatic rings. The van der Waals surface area contributed by atoms with Crippen LogP contribution in [0.25, 0.3) is 11.0 Å². The van der Waals surface area contributed by atoms with Gasteiger partial charge in [0.25, 0.3) is 0 Å². The smallest absolute Gasteiger partial charge is 0.221 e. The summed E-state index contributed by atoms with van der Waals surface area (Å²) >= 11 is 0. The molecule has 0 bridgehead atoms. The molecule has 1 aliphatic rings. The van der Waals surface area contributed by atoms with Crippen LogP contribution in [0.5, 0.6) is 0 Å². The van der Waals surface area contributed by atoms with Crippen molar-refractivity contribution in [1.82, 2.24) is 20.3 Å². The van der Waals surface area contributed by atoms with Crippen molar-refractivity contribution < 1.29 is 4.84 Å². The maximum atomic E-state index is 4.89. The molecular weight excluding hydrogens is 232 g/mol. The second kappa shape index (κ2) is 4.61. The quantitative estimate of drug-likeness (QED) is 0.759. The van der Waals surface area contributed by atoms with Gasteiger partial charge in [-0.2, -0.15) is 4.68 Å². The Morgan fingerprint density at radius 2 is 2.39 bits per heavy atom. The molecule has 1 aromatic carbocycles. The van der Waals surface area contributed by atoms with E-state index in [9.17, 15) is 0 Å². The Bertz CT molecular complexity index is 590. The summed E-state index contributed by atoms with van der Waals surface area (Å²) in [6, 6.07) is 5.71. The van der Waals surface area contributed by atoms with Crippen molar-refractivity contribution in [3.8, 4) is 0 Å². The molecule has 0 saturated heterocycles. The number of fused-ring (bicyclic) bond motifs is 1. The van der Waals surface area contributed by atoms with E-state index in [4.69, 9.17) is 4.84 Å². The summed E-state index contributed by atoms with van der Waals surface area (Å²) in [5.41, 5.74) is 5.36. The lowest BCUT2D eigenvalue weighted by Gasteiger charge is -2.14. The van der Waals surface area contributed by atoms with Crippen molar-refractivity contribution >= 4 is 22.7 Å². The van der Waals surface area contributed by atoms with Gasteiger partial charge in [-0.25, -0.2) is 0 Å². The zero-order valence-corrected chi connectivity index (χ0v) is 10.1. The molecule has 0 atom stereocenters. The standard InChI is InChI=1S/C11H14N6O/c1-18-15-8-3-4-9-10(7-8)17(16-14-9)11-12-5-2-6-13-11/h3-4,7,15H,2,5-6H2,1H3,(H,12,13). The maximum absolute atomic E-state index is 4.89. The first-order chi connectivity index (χ1) is 8.88. The molecule has 7 nitrogen and oxygen atoms in total. The molecule has 0 radical (unpaired) electrons. The number of nitrogens with zero attached hydrogens (tertiary/aromatic N) is 4. The lowest BCUT2D eigenvalue weighted by molar-refractivity contribution is 0.271.